The van der Waals surface area contributed by atoms with Gasteiger partial charge in [-0.25, -0.2) is 0 Å². The van der Waals surface area contributed by atoms with Crippen LogP contribution in [0.4, 0.5) is 0 Å². The Labute approximate surface area is 114 Å². The monoisotopic (exact) mass is 271 g/mol. The molecule has 0 saturated carbocycles. The van der Waals surface area contributed by atoms with Gasteiger partial charge >= 0.3 is 5.97 Å². The van der Waals surface area contributed by atoms with Crippen LogP contribution in [-0.2, 0) is 14.3 Å². The van der Waals surface area contributed by atoms with Crippen LogP contribution in [0.2, 0.25) is 0 Å². The van der Waals surface area contributed by atoms with E-state index in [4.69, 9.17) is 9.47 Å². The number of carbonyl (C=O) groups is 1. The third-order valence-corrected chi connectivity index (χ3v) is 4.33. The molecule has 19 heavy (non-hydrogen) atoms. The van der Waals surface area contributed by atoms with Crippen molar-refractivity contribution in [1.29, 1.82) is 0 Å². The fraction of sp³-hybridized carbons (Fsp3) is 0.929. The molecule has 0 amide bonds. The summed E-state index contributed by atoms with van der Waals surface area (Å²) in [5.41, 5.74) is -0.733. The number of nitrogens with zero attached hydrogens (tertiary/aromatic N) is 1. The van der Waals surface area contributed by atoms with Gasteiger partial charge in [-0.3, -0.25) is 9.69 Å². The summed E-state index contributed by atoms with van der Waals surface area (Å²) in [5.74, 6) is -0.721. The van der Waals surface area contributed by atoms with Gasteiger partial charge in [0, 0.05) is 25.7 Å². The van der Waals surface area contributed by atoms with Gasteiger partial charge in [0.2, 0.25) is 0 Å². The number of ether oxygens (including phenoxy) is 2. The molecule has 2 rings (SSSR count). The average Bonchev–Trinajstić information content (AvgIpc) is 2.40. The van der Waals surface area contributed by atoms with Crippen molar-refractivity contribution in [3.8, 4) is 0 Å². The Bertz CT molecular complexity index is 315. The molecule has 0 spiro atoms. The zero-order chi connectivity index (χ0) is 13.9. The minimum absolute atomic E-state index is 0.179. The van der Waals surface area contributed by atoms with Gasteiger partial charge in [0.05, 0.1) is 19.3 Å². The topological polar surface area (TPSA) is 59.0 Å². The van der Waals surface area contributed by atoms with E-state index < -0.39 is 11.4 Å². The molecular formula is C14H25NO4. The van der Waals surface area contributed by atoms with E-state index in [2.05, 4.69) is 11.8 Å². The quantitative estimate of drug-likeness (QED) is 0.837. The van der Waals surface area contributed by atoms with Gasteiger partial charge in [-0.1, -0.05) is 6.92 Å². The van der Waals surface area contributed by atoms with Crippen LogP contribution in [0.25, 0.3) is 0 Å². The second-order valence-electron chi connectivity index (χ2n) is 5.88. The van der Waals surface area contributed by atoms with E-state index in [1.807, 2.05) is 6.92 Å². The summed E-state index contributed by atoms with van der Waals surface area (Å²) in [6.45, 7) is 7.29. The summed E-state index contributed by atoms with van der Waals surface area (Å²) in [4.78, 5) is 14.0. The summed E-state index contributed by atoms with van der Waals surface area (Å²) in [6, 6.07) is 0.328. The Morgan fingerprint density at radius 3 is 2.89 bits per heavy atom. The van der Waals surface area contributed by atoms with Gasteiger partial charge < -0.3 is 14.6 Å². The van der Waals surface area contributed by atoms with Crippen LogP contribution in [0.1, 0.15) is 33.1 Å². The maximum Gasteiger partial charge on any atom is 0.313 e. The van der Waals surface area contributed by atoms with E-state index in [0.717, 1.165) is 19.4 Å². The fourth-order valence-electron chi connectivity index (χ4n) is 3.08. The Balaban J connectivity index is 2.08. The summed E-state index contributed by atoms with van der Waals surface area (Å²) >= 11 is 0. The molecule has 110 valence electrons. The van der Waals surface area contributed by atoms with E-state index in [1.165, 1.54) is 0 Å². The van der Waals surface area contributed by atoms with Crippen LogP contribution in [0.15, 0.2) is 0 Å². The molecule has 3 atom stereocenters. The highest BCUT2D eigenvalue weighted by molar-refractivity contribution is 5.75. The summed E-state index contributed by atoms with van der Waals surface area (Å²) < 4.78 is 11.1. The molecule has 0 aromatic heterocycles. The second kappa shape index (κ2) is 6.20. The largest absolute Gasteiger partial charge is 0.481 e. The van der Waals surface area contributed by atoms with Gasteiger partial charge in [-0.2, -0.15) is 0 Å². The van der Waals surface area contributed by atoms with E-state index >= 15 is 0 Å². The van der Waals surface area contributed by atoms with Crippen LogP contribution in [-0.4, -0.2) is 61.0 Å². The zero-order valence-corrected chi connectivity index (χ0v) is 11.9. The van der Waals surface area contributed by atoms with Crippen molar-refractivity contribution in [3.05, 3.63) is 0 Å². The van der Waals surface area contributed by atoms with E-state index in [9.17, 15) is 9.90 Å². The van der Waals surface area contributed by atoms with E-state index in [-0.39, 0.29) is 6.10 Å². The molecule has 5 heteroatoms. The molecule has 0 radical (unpaired) electrons. The van der Waals surface area contributed by atoms with Crippen LogP contribution in [0, 0.1) is 5.41 Å². The first-order chi connectivity index (χ1) is 9.07. The van der Waals surface area contributed by atoms with Crippen molar-refractivity contribution < 1.29 is 19.4 Å². The van der Waals surface area contributed by atoms with E-state index in [1.54, 1.807) is 0 Å². The highest BCUT2D eigenvalue weighted by Crippen LogP contribution is 2.32. The molecule has 2 heterocycles. The number of hydrogen-bond donors (Lipinski definition) is 1. The normalized spacial score (nSPS) is 37.2. The predicted octanol–water partition coefficient (Wildman–Crippen LogP) is 1.37. The number of aliphatic carboxylic acids is 1. The Hall–Kier alpha value is -0.650. The molecule has 0 aromatic carbocycles. The van der Waals surface area contributed by atoms with Crippen molar-refractivity contribution in [1.82, 2.24) is 4.90 Å². The molecule has 0 aliphatic carbocycles. The molecule has 3 unspecified atom stereocenters. The summed E-state index contributed by atoms with van der Waals surface area (Å²) in [6.07, 6.45) is 2.72. The fourth-order valence-corrected chi connectivity index (χ4v) is 3.08. The first-order valence-corrected chi connectivity index (χ1v) is 7.24. The average molecular weight is 271 g/mol. The number of morpholine rings is 1. The minimum Gasteiger partial charge on any atom is -0.481 e. The Morgan fingerprint density at radius 2 is 2.32 bits per heavy atom. The predicted molar refractivity (Wildman–Crippen MR) is 71.2 cm³/mol. The summed E-state index contributed by atoms with van der Waals surface area (Å²) in [5, 5.41) is 9.61. The molecular weight excluding hydrogens is 246 g/mol. The maximum absolute atomic E-state index is 11.7. The third-order valence-electron chi connectivity index (χ3n) is 4.33. The van der Waals surface area contributed by atoms with Crippen LogP contribution in [0.3, 0.4) is 0 Å². The minimum atomic E-state index is -0.733. The smallest absolute Gasteiger partial charge is 0.313 e. The Morgan fingerprint density at radius 1 is 1.53 bits per heavy atom. The highest BCUT2D eigenvalue weighted by atomic mass is 16.5. The molecule has 2 fully saturated rings. The SMILES string of the molecule is CCC1COC(C)CN1CC1(C(=O)O)CCCOC1. The molecule has 1 N–H and O–H groups in total. The van der Waals surface area contributed by atoms with Crippen molar-refractivity contribution >= 4 is 5.97 Å². The van der Waals surface area contributed by atoms with Crippen LogP contribution < -0.4 is 0 Å². The lowest BCUT2D eigenvalue weighted by Gasteiger charge is -2.44. The Kier molecular flexibility index (Phi) is 4.81. The van der Waals surface area contributed by atoms with Crippen molar-refractivity contribution in [2.24, 2.45) is 5.41 Å². The summed E-state index contributed by atoms with van der Waals surface area (Å²) in [7, 11) is 0. The number of carboxylic acids is 1. The lowest BCUT2D eigenvalue weighted by molar-refractivity contribution is -0.163. The van der Waals surface area contributed by atoms with Gasteiger partial charge in [0.1, 0.15) is 5.41 Å². The molecule has 2 aliphatic heterocycles. The maximum atomic E-state index is 11.7. The van der Waals surface area contributed by atoms with Gasteiger partial charge in [0.25, 0.3) is 0 Å². The van der Waals surface area contributed by atoms with Crippen molar-refractivity contribution in [2.45, 2.75) is 45.3 Å². The van der Waals surface area contributed by atoms with E-state index in [0.29, 0.717) is 38.8 Å². The number of hydrogen-bond acceptors (Lipinski definition) is 4. The lowest BCUT2D eigenvalue weighted by Crippen LogP contribution is -2.56. The molecule has 2 aliphatic rings. The molecule has 0 bridgehead atoms. The van der Waals surface area contributed by atoms with Gasteiger partial charge in [-0.15, -0.1) is 0 Å². The van der Waals surface area contributed by atoms with Crippen LogP contribution in [0.5, 0.6) is 0 Å². The standard InChI is InChI=1S/C14H25NO4/c1-3-12-8-19-11(2)7-15(12)9-14(13(16)17)5-4-6-18-10-14/h11-12H,3-10H2,1-2H3,(H,16,17). The van der Waals surface area contributed by atoms with Crippen LogP contribution >= 0.6 is 0 Å². The van der Waals surface area contributed by atoms with Crippen molar-refractivity contribution in [2.75, 3.05) is 32.9 Å². The molecule has 0 aromatic rings. The second-order valence-corrected chi connectivity index (χ2v) is 5.88. The third kappa shape index (κ3) is 3.27. The first-order valence-electron chi connectivity index (χ1n) is 7.24. The first kappa shape index (κ1) is 14.8. The van der Waals surface area contributed by atoms with Crippen molar-refractivity contribution in [3.63, 3.8) is 0 Å². The number of rotatable bonds is 4. The zero-order valence-electron chi connectivity index (χ0n) is 11.9. The molecule has 2 saturated heterocycles. The lowest BCUT2D eigenvalue weighted by atomic mass is 9.81. The molecule has 5 nitrogen and oxygen atoms in total. The highest BCUT2D eigenvalue weighted by Gasteiger charge is 2.44. The number of carboxylic acid groups (broad SMARTS) is 1. The van der Waals surface area contributed by atoms with Gasteiger partial charge in [0.15, 0.2) is 0 Å². The van der Waals surface area contributed by atoms with Gasteiger partial charge in [-0.05, 0) is 26.2 Å².